The molecule has 0 saturated carbocycles. The number of anilines is 2. The molecule has 2 aromatic rings. The summed E-state index contributed by atoms with van der Waals surface area (Å²) in [7, 11) is 0. The summed E-state index contributed by atoms with van der Waals surface area (Å²) in [6, 6.07) is 13.0. The number of carbonyl (C=O) groups excluding carboxylic acids is 1. The zero-order chi connectivity index (χ0) is 18.3. The van der Waals surface area contributed by atoms with Gasteiger partial charge >= 0.3 is 6.30 Å². The van der Waals surface area contributed by atoms with Crippen LogP contribution in [0.1, 0.15) is 0 Å². The molecule has 2 aliphatic rings. The number of halogens is 3. The van der Waals surface area contributed by atoms with Gasteiger partial charge in [-0.3, -0.25) is 9.69 Å². The first-order chi connectivity index (χ1) is 12.4. The zero-order valence-electron chi connectivity index (χ0n) is 13.3. The van der Waals surface area contributed by atoms with Gasteiger partial charge in [-0.05, 0) is 24.3 Å². The van der Waals surface area contributed by atoms with E-state index in [4.69, 9.17) is 4.74 Å². The van der Waals surface area contributed by atoms with Crippen molar-refractivity contribution in [1.82, 2.24) is 0 Å². The van der Waals surface area contributed by atoms with E-state index in [2.05, 4.69) is 5.32 Å². The number of amides is 1. The van der Waals surface area contributed by atoms with Gasteiger partial charge in [-0.15, -0.1) is 13.2 Å². The predicted octanol–water partition coefficient (Wildman–Crippen LogP) is 4.76. The van der Waals surface area contributed by atoms with Crippen LogP contribution in [-0.2, 0) is 4.79 Å². The Balaban J connectivity index is 1.81. The van der Waals surface area contributed by atoms with Crippen molar-refractivity contribution in [3.63, 3.8) is 0 Å². The van der Waals surface area contributed by atoms with E-state index >= 15 is 0 Å². The van der Waals surface area contributed by atoms with Crippen LogP contribution in [0.15, 0.2) is 59.8 Å². The third-order valence-corrected chi connectivity index (χ3v) is 5.04. The van der Waals surface area contributed by atoms with Crippen molar-refractivity contribution < 1.29 is 22.7 Å². The van der Waals surface area contributed by atoms with Gasteiger partial charge < -0.3 is 10.1 Å². The Bertz CT molecular complexity index is 897. The highest BCUT2D eigenvalue weighted by atomic mass is 32.2. The zero-order valence-corrected chi connectivity index (χ0v) is 14.2. The molecule has 0 unspecified atom stereocenters. The third kappa shape index (κ3) is 3.01. The van der Waals surface area contributed by atoms with Gasteiger partial charge in [0.05, 0.1) is 11.4 Å². The van der Waals surface area contributed by atoms with Gasteiger partial charge in [0.1, 0.15) is 11.5 Å². The molecule has 2 aliphatic heterocycles. The molecule has 134 valence electrons. The summed E-state index contributed by atoms with van der Waals surface area (Å²) in [5.74, 6) is 0.670. The number of thioether (sulfide) groups is 1. The molecule has 0 atom stereocenters. The smallest absolute Gasteiger partial charge is 0.457 e. The molecule has 2 heterocycles. The molecule has 2 aromatic carbocycles. The number of carbonyl (C=O) groups is 1. The Labute approximate surface area is 151 Å². The Morgan fingerprint density at radius 1 is 1.04 bits per heavy atom. The normalized spacial score (nSPS) is 16.7. The van der Waals surface area contributed by atoms with Crippen molar-refractivity contribution in [2.45, 2.75) is 6.30 Å². The Morgan fingerprint density at radius 3 is 2.54 bits per heavy atom. The average molecular weight is 378 g/mol. The first-order valence-electron chi connectivity index (χ1n) is 7.78. The second-order valence-electron chi connectivity index (χ2n) is 5.77. The molecule has 26 heavy (non-hydrogen) atoms. The second-order valence-corrected chi connectivity index (χ2v) is 6.76. The van der Waals surface area contributed by atoms with Gasteiger partial charge in [0, 0.05) is 28.8 Å². The van der Waals surface area contributed by atoms with Crippen molar-refractivity contribution >= 4 is 29.0 Å². The maximum Gasteiger partial charge on any atom is 0.489 e. The summed E-state index contributed by atoms with van der Waals surface area (Å²) < 4.78 is 47.1. The molecule has 1 N–H and O–H groups in total. The first-order valence-corrected chi connectivity index (χ1v) is 8.94. The van der Waals surface area contributed by atoms with E-state index in [1.54, 1.807) is 24.3 Å². The van der Waals surface area contributed by atoms with E-state index < -0.39 is 12.2 Å². The van der Waals surface area contributed by atoms with E-state index in [9.17, 15) is 18.0 Å². The van der Waals surface area contributed by atoms with Crippen molar-refractivity contribution in [3.8, 4) is 11.5 Å². The van der Waals surface area contributed by atoms with E-state index in [0.29, 0.717) is 5.75 Å². The van der Waals surface area contributed by atoms with Crippen molar-refractivity contribution in [2.24, 2.45) is 0 Å². The molecular weight excluding hydrogens is 365 g/mol. The molecule has 1 amide bonds. The monoisotopic (exact) mass is 378 g/mol. The van der Waals surface area contributed by atoms with E-state index in [0.717, 1.165) is 0 Å². The first kappa shape index (κ1) is 16.8. The number of nitrogens with zero attached hydrogens (tertiary/aromatic N) is 1. The number of ether oxygens (including phenoxy) is 1. The highest BCUT2D eigenvalue weighted by molar-refractivity contribution is 8.00. The van der Waals surface area contributed by atoms with Crippen LogP contribution >= 0.6 is 11.8 Å². The fourth-order valence-corrected chi connectivity index (χ4v) is 4.04. The Morgan fingerprint density at radius 2 is 1.81 bits per heavy atom. The average Bonchev–Trinajstić information content (AvgIpc) is 3.02. The molecule has 4 rings (SSSR count). The van der Waals surface area contributed by atoms with Crippen LogP contribution in [0, 0.1) is 0 Å². The summed E-state index contributed by atoms with van der Waals surface area (Å²) in [4.78, 5) is 12.6. The van der Waals surface area contributed by atoms with Crippen molar-refractivity contribution in [2.75, 3.05) is 21.7 Å². The lowest BCUT2D eigenvalue weighted by Crippen LogP contribution is -2.38. The molecule has 8 heteroatoms. The van der Waals surface area contributed by atoms with Gasteiger partial charge in [0.2, 0.25) is 0 Å². The molecule has 0 saturated heterocycles. The molecule has 0 spiro atoms. The quantitative estimate of drug-likeness (QED) is 0.766. The standard InChI is InChI=1S/C18H13F3N2O2S/c19-18(20,21)23-15-8-12(25-11-4-2-1-3-5-11)6-7-14(15)22-17(24)13-9-26-10-16(13)23/h1-8H,9-10H2,(H,22,24). The Kier molecular flexibility index (Phi) is 4.07. The fourth-order valence-electron chi connectivity index (χ4n) is 2.94. The van der Waals surface area contributed by atoms with Gasteiger partial charge in [0.25, 0.3) is 5.91 Å². The molecule has 4 nitrogen and oxygen atoms in total. The number of fused-ring (bicyclic) bond motifs is 1. The van der Waals surface area contributed by atoms with Gasteiger partial charge in [-0.25, -0.2) is 0 Å². The van der Waals surface area contributed by atoms with Crippen LogP contribution in [0.5, 0.6) is 11.5 Å². The number of para-hydroxylation sites is 1. The number of rotatable bonds is 2. The number of hydrogen-bond donors (Lipinski definition) is 1. The highest BCUT2D eigenvalue weighted by Crippen LogP contribution is 2.45. The number of benzene rings is 2. The van der Waals surface area contributed by atoms with Gasteiger partial charge in [-0.1, -0.05) is 18.2 Å². The molecule has 0 aliphatic carbocycles. The maximum atomic E-state index is 13.8. The minimum Gasteiger partial charge on any atom is -0.457 e. The summed E-state index contributed by atoms with van der Waals surface area (Å²) in [5.41, 5.74) is 0.101. The van der Waals surface area contributed by atoms with Crippen LogP contribution in [0.25, 0.3) is 0 Å². The van der Waals surface area contributed by atoms with Crippen LogP contribution in [0.4, 0.5) is 24.5 Å². The maximum absolute atomic E-state index is 13.8. The minimum atomic E-state index is -4.65. The summed E-state index contributed by atoms with van der Waals surface area (Å²) >= 11 is 1.29. The molecule has 0 fully saturated rings. The lowest BCUT2D eigenvalue weighted by atomic mass is 10.2. The van der Waals surface area contributed by atoms with E-state index in [-0.39, 0.29) is 44.8 Å². The second kappa shape index (κ2) is 6.28. The molecule has 0 aromatic heterocycles. The largest absolute Gasteiger partial charge is 0.489 e. The van der Waals surface area contributed by atoms with Crippen LogP contribution in [0.2, 0.25) is 0 Å². The molecular formula is C18H13F3N2O2S. The summed E-state index contributed by atoms with van der Waals surface area (Å²) in [5, 5.41) is 2.58. The minimum absolute atomic E-state index is 0.0180. The predicted molar refractivity (Wildman–Crippen MR) is 94.5 cm³/mol. The SMILES string of the molecule is O=C1Nc2ccc(Oc3ccccc3)cc2N(C(F)(F)F)C2=C1CSC2. The van der Waals surface area contributed by atoms with E-state index in [1.807, 2.05) is 6.07 Å². The Hall–Kier alpha value is -2.61. The van der Waals surface area contributed by atoms with Crippen molar-refractivity contribution in [3.05, 3.63) is 59.8 Å². The lowest BCUT2D eigenvalue weighted by molar-refractivity contribution is -0.124. The molecule has 0 bridgehead atoms. The van der Waals surface area contributed by atoms with Crippen molar-refractivity contribution in [1.29, 1.82) is 0 Å². The van der Waals surface area contributed by atoms with E-state index in [1.165, 1.54) is 30.0 Å². The lowest BCUT2D eigenvalue weighted by Gasteiger charge is -2.28. The van der Waals surface area contributed by atoms with Crippen LogP contribution < -0.4 is 15.0 Å². The summed E-state index contributed by atoms with van der Waals surface area (Å²) in [6.07, 6.45) is -4.65. The number of hydrogen-bond acceptors (Lipinski definition) is 4. The van der Waals surface area contributed by atoms with Gasteiger partial charge in [-0.2, -0.15) is 11.8 Å². The number of nitrogens with one attached hydrogen (secondary N) is 1. The van der Waals surface area contributed by atoms with Crippen LogP contribution in [0.3, 0.4) is 0 Å². The fraction of sp³-hybridized carbons (Fsp3) is 0.167. The van der Waals surface area contributed by atoms with Crippen LogP contribution in [-0.4, -0.2) is 23.7 Å². The third-order valence-electron chi connectivity index (χ3n) is 4.07. The summed E-state index contributed by atoms with van der Waals surface area (Å²) in [6.45, 7) is 0. The van der Waals surface area contributed by atoms with Gasteiger partial charge in [0.15, 0.2) is 0 Å². The topological polar surface area (TPSA) is 41.6 Å². The number of alkyl halides is 3. The highest BCUT2D eigenvalue weighted by Gasteiger charge is 2.45. The molecule has 0 radical (unpaired) electrons.